The quantitative estimate of drug-likeness (QED) is 0.524. The van der Waals surface area contributed by atoms with Crippen LogP contribution in [-0.4, -0.2) is 33.8 Å². The summed E-state index contributed by atoms with van der Waals surface area (Å²) in [6.45, 7) is 5.77. The Balaban J connectivity index is 1.90. The summed E-state index contributed by atoms with van der Waals surface area (Å²) in [4.78, 5) is 5.86. The van der Waals surface area contributed by atoms with Gasteiger partial charge in [0.05, 0.1) is 23.2 Å². The topological polar surface area (TPSA) is 71.1 Å². The monoisotopic (exact) mass is 321 g/mol. The van der Waals surface area contributed by atoms with Crippen molar-refractivity contribution in [3.63, 3.8) is 0 Å². The average molecular weight is 321 g/mol. The Morgan fingerprint density at radius 3 is 2.35 bits per heavy atom. The standard InChI is InChI=1S/C17H27N3O3/c1-16(2,3)19(4)20(22)18-23-15-10-12-17(21,13-11-15)14-8-6-5-7-9-14/h5-9,15,21H,10-13H2,1-4H3/b20-18-/t15-,17+. The maximum atomic E-state index is 11.9. The molecular formula is C17H27N3O3. The molecule has 0 aliphatic heterocycles. The maximum absolute atomic E-state index is 11.9. The highest BCUT2D eigenvalue weighted by Gasteiger charge is 2.36. The zero-order chi connectivity index (χ0) is 17.1. The molecule has 1 N–H and O–H groups in total. The molecule has 23 heavy (non-hydrogen) atoms. The van der Waals surface area contributed by atoms with Crippen molar-refractivity contribution in [2.24, 2.45) is 5.28 Å². The van der Waals surface area contributed by atoms with E-state index < -0.39 is 5.60 Å². The molecule has 0 saturated heterocycles. The van der Waals surface area contributed by atoms with Gasteiger partial charge in [0.1, 0.15) is 6.10 Å². The minimum absolute atomic E-state index is 0.135. The van der Waals surface area contributed by atoms with E-state index >= 15 is 0 Å². The lowest BCUT2D eigenvalue weighted by Crippen LogP contribution is -2.42. The highest BCUT2D eigenvalue weighted by Crippen LogP contribution is 2.37. The molecule has 128 valence electrons. The van der Waals surface area contributed by atoms with Crippen LogP contribution in [0.5, 0.6) is 0 Å². The summed E-state index contributed by atoms with van der Waals surface area (Å²) in [6.07, 6.45) is 2.41. The van der Waals surface area contributed by atoms with Crippen molar-refractivity contribution in [2.75, 3.05) is 7.05 Å². The van der Waals surface area contributed by atoms with Crippen LogP contribution in [0.3, 0.4) is 0 Å². The summed E-state index contributed by atoms with van der Waals surface area (Å²) in [5, 5.41) is 27.8. The fourth-order valence-electron chi connectivity index (χ4n) is 2.63. The van der Waals surface area contributed by atoms with Gasteiger partial charge in [-0.3, -0.25) is 0 Å². The summed E-state index contributed by atoms with van der Waals surface area (Å²) < 4.78 is 0. The molecule has 2 rings (SSSR count). The summed E-state index contributed by atoms with van der Waals surface area (Å²) >= 11 is 0. The highest BCUT2D eigenvalue weighted by molar-refractivity contribution is 5.22. The molecule has 0 heterocycles. The Hall–Kier alpha value is -1.82. The van der Waals surface area contributed by atoms with E-state index in [1.165, 1.54) is 5.01 Å². The Kier molecular flexibility index (Phi) is 5.14. The van der Waals surface area contributed by atoms with Crippen LogP contribution in [0.15, 0.2) is 35.6 Å². The van der Waals surface area contributed by atoms with Gasteiger partial charge in [0.15, 0.2) is 0 Å². The molecule has 1 fully saturated rings. The molecule has 0 unspecified atom stereocenters. The second-order valence-electron chi connectivity index (χ2n) is 7.23. The third-order valence-corrected chi connectivity index (χ3v) is 4.56. The summed E-state index contributed by atoms with van der Waals surface area (Å²) in [5.41, 5.74) is -0.192. The first-order valence-electron chi connectivity index (χ1n) is 8.08. The average Bonchev–Trinajstić information content (AvgIpc) is 2.53. The zero-order valence-corrected chi connectivity index (χ0v) is 14.4. The van der Waals surface area contributed by atoms with Gasteiger partial charge in [-0.2, -0.15) is 0 Å². The first kappa shape index (κ1) is 17.5. The van der Waals surface area contributed by atoms with Crippen LogP contribution in [0.2, 0.25) is 0 Å². The van der Waals surface area contributed by atoms with Gasteiger partial charge >= 0.3 is 0 Å². The predicted octanol–water partition coefficient (Wildman–Crippen LogP) is 3.36. The van der Waals surface area contributed by atoms with Crippen LogP contribution in [0, 0.1) is 5.21 Å². The molecule has 1 aliphatic carbocycles. The molecule has 6 heteroatoms. The van der Waals surface area contributed by atoms with Gasteiger partial charge in [-0.05, 0) is 52.0 Å². The second-order valence-corrected chi connectivity index (χ2v) is 7.23. The van der Waals surface area contributed by atoms with E-state index in [-0.39, 0.29) is 11.6 Å². The smallest absolute Gasteiger partial charge is 0.233 e. The fraction of sp³-hybridized carbons (Fsp3) is 0.647. The van der Waals surface area contributed by atoms with Crippen LogP contribution >= 0.6 is 0 Å². The normalized spacial score (nSPS) is 26.0. The predicted molar refractivity (Wildman–Crippen MR) is 87.3 cm³/mol. The van der Waals surface area contributed by atoms with Crippen molar-refractivity contribution < 1.29 is 14.9 Å². The minimum atomic E-state index is -0.805. The molecule has 6 nitrogen and oxygen atoms in total. The molecule has 1 saturated carbocycles. The molecule has 0 aromatic heterocycles. The largest absolute Gasteiger partial charge is 0.569 e. The van der Waals surface area contributed by atoms with E-state index in [2.05, 4.69) is 5.28 Å². The first-order chi connectivity index (χ1) is 10.7. The summed E-state index contributed by atoms with van der Waals surface area (Å²) in [7, 11) is 1.68. The molecule has 0 spiro atoms. The van der Waals surface area contributed by atoms with Crippen LogP contribution in [-0.2, 0) is 10.4 Å². The van der Waals surface area contributed by atoms with Crippen LogP contribution in [0.1, 0.15) is 52.0 Å². The number of hydrogen-bond acceptors (Lipinski definition) is 4. The van der Waals surface area contributed by atoms with E-state index in [0.29, 0.717) is 30.7 Å². The van der Waals surface area contributed by atoms with Gasteiger partial charge in [-0.1, -0.05) is 30.3 Å². The number of rotatable bonds is 4. The van der Waals surface area contributed by atoms with Gasteiger partial charge in [0, 0.05) is 0 Å². The highest BCUT2D eigenvalue weighted by atomic mass is 16.7. The van der Waals surface area contributed by atoms with Crippen molar-refractivity contribution in [2.45, 2.75) is 63.7 Å². The Bertz CT molecular complexity index is 532. The molecule has 1 aromatic carbocycles. The number of aliphatic hydroxyl groups is 1. The molecular weight excluding hydrogens is 294 g/mol. The van der Waals surface area contributed by atoms with Crippen molar-refractivity contribution >= 4 is 0 Å². The number of hydrazine groups is 1. The van der Waals surface area contributed by atoms with Crippen LogP contribution in [0.4, 0.5) is 0 Å². The molecule has 0 radical (unpaired) electrons. The second kappa shape index (κ2) is 6.74. The van der Waals surface area contributed by atoms with E-state index in [1.807, 2.05) is 51.1 Å². The van der Waals surface area contributed by atoms with E-state index in [1.54, 1.807) is 7.05 Å². The lowest BCUT2D eigenvalue weighted by molar-refractivity contribution is -0.720. The van der Waals surface area contributed by atoms with Gasteiger partial charge in [-0.15, -0.1) is 5.01 Å². The third-order valence-electron chi connectivity index (χ3n) is 4.56. The van der Waals surface area contributed by atoms with Crippen LogP contribution in [0.25, 0.3) is 0 Å². The molecule has 0 bridgehead atoms. The number of benzene rings is 1. The van der Waals surface area contributed by atoms with Crippen molar-refractivity contribution in [3.8, 4) is 0 Å². The summed E-state index contributed by atoms with van der Waals surface area (Å²) in [6, 6.07) is 9.70. The molecule has 0 amide bonds. The lowest BCUT2D eigenvalue weighted by atomic mass is 9.78. The van der Waals surface area contributed by atoms with E-state index in [0.717, 1.165) is 5.56 Å². The third kappa shape index (κ3) is 4.34. The summed E-state index contributed by atoms with van der Waals surface area (Å²) in [5.74, 6) is 0. The van der Waals surface area contributed by atoms with Gasteiger partial charge in [-0.25, -0.2) is 0 Å². The Morgan fingerprint density at radius 2 is 1.83 bits per heavy atom. The molecule has 0 atom stereocenters. The lowest BCUT2D eigenvalue weighted by Gasteiger charge is -2.35. The first-order valence-corrected chi connectivity index (χ1v) is 8.08. The van der Waals surface area contributed by atoms with Gasteiger partial charge < -0.3 is 15.2 Å². The van der Waals surface area contributed by atoms with Crippen molar-refractivity contribution in [3.05, 3.63) is 41.1 Å². The van der Waals surface area contributed by atoms with E-state index in [4.69, 9.17) is 4.84 Å². The van der Waals surface area contributed by atoms with E-state index in [9.17, 15) is 10.3 Å². The SMILES string of the molecule is CN(/[N+]([O-])=N/O[C@H]1CC[C@](O)(c2ccccc2)CC1)C(C)(C)C. The van der Waals surface area contributed by atoms with Crippen molar-refractivity contribution in [1.29, 1.82) is 0 Å². The fourth-order valence-corrected chi connectivity index (χ4v) is 2.63. The molecule has 1 aromatic rings. The number of hydrogen-bond donors (Lipinski definition) is 1. The van der Waals surface area contributed by atoms with Crippen LogP contribution < -0.4 is 0 Å². The number of nitrogens with zero attached hydrogens (tertiary/aromatic N) is 3. The minimum Gasteiger partial charge on any atom is -0.569 e. The van der Waals surface area contributed by atoms with Crippen molar-refractivity contribution in [1.82, 2.24) is 5.01 Å². The Morgan fingerprint density at radius 1 is 1.26 bits per heavy atom. The van der Waals surface area contributed by atoms with Gasteiger partial charge in [0.2, 0.25) is 5.28 Å². The maximum Gasteiger partial charge on any atom is 0.233 e. The van der Waals surface area contributed by atoms with Gasteiger partial charge in [0.25, 0.3) is 0 Å². The molecule has 1 aliphatic rings. The Labute approximate surface area is 137 Å². The zero-order valence-electron chi connectivity index (χ0n) is 14.4.